The van der Waals surface area contributed by atoms with Crippen molar-refractivity contribution in [1.29, 1.82) is 0 Å². The summed E-state index contributed by atoms with van der Waals surface area (Å²) in [6.07, 6.45) is 2.13. The first-order chi connectivity index (χ1) is 16.0. The number of anilines is 1. The maximum Gasteiger partial charge on any atom is 0.244 e. The van der Waals surface area contributed by atoms with Crippen LogP contribution in [0.15, 0.2) is 42.5 Å². The van der Waals surface area contributed by atoms with E-state index in [4.69, 9.17) is 23.2 Å². The molecule has 1 atom stereocenters. The van der Waals surface area contributed by atoms with Gasteiger partial charge in [0.1, 0.15) is 12.6 Å². The quantitative estimate of drug-likeness (QED) is 0.469. The Kier molecular flexibility index (Phi) is 10.2. The van der Waals surface area contributed by atoms with Crippen molar-refractivity contribution >= 4 is 50.7 Å². The molecule has 0 aromatic heterocycles. The van der Waals surface area contributed by atoms with Crippen molar-refractivity contribution in [2.75, 3.05) is 23.7 Å². The summed E-state index contributed by atoms with van der Waals surface area (Å²) in [7, 11) is -3.87. The second-order valence-corrected chi connectivity index (χ2v) is 10.8. The number of halogens is 2. The first-order valence-corrected chi connectivity index (χ1v) is 13.6. The third kappa shape index (κ3) is 7.35. The van der Waals surface area contributed by atoms with Crippen molar-refractivity contribution in [2.45, 2.75) is 46.2 Å². The maximum absolute atomic E-state index is 13.6. The number of rotatable bonds is 11. The van der Waals surface area contributed by atoms with Crippen LogP contribution in [0, 0.1) is 6.92 Å². The van der Waals surface area contributed by atoms with Crippen LogP contribution in [0.25, 0.3) is 0 Å². The Bertz CT molecular complexity index is 1120. The molecule has 0 spiro atoms. The van der Waals surface area contributed by atoms with Crippen LogP contribution in [0.3, 0.4) is 0 Å². The van der Waals surface area contributed by atoms with Crippen LogP contribution < -0.4 is 9.62 Å². The van der Waals surface area contributed by atoms with Gasteiger partial charge in [-0.05, 0) is 49.1 Å². The number of hydrogen-bond acceptors (Lipinski definition) is 4. The number of nitrogens with one attached hydrogen (secondary N) is 1. The molecule has 2 amide bonds. The number of benzene rings is 2. The number of nitrogens with zero attached hydrogens (tertiary/aromatic N) is 2. The fourth-order valence-corrected chi connectivity index (χ4v) is 4.96. The van der Waals surface area contributed by atoms with Gasteiger partial charge in [-0.3, -0.25) is 13.9 Å². The maximum atomic E-state index is 13.6. The van der Waals surface area contributed by atoms with Crippen molar-refractivity contribution in [1.82, 2.24) is 10.2 Å². The van der Waals surface area contributed by atoms with E-state index < -0.39 is 28.5 Å². The van der Waals surface area contributed by atoms with E-state index in [1.54, 1.807) is 0 Å². The van der Waals surface area contributed by atoms with Crippen LogP contribution in [0.2, 0.25) is 10.0 Å². The van der Waals surface area contributed by atoms with Crippen LogP contribution >= 0.6 is 23.2 Å². The Hall–Kier alpha value is -2.29. The largest absolute Gasteiger partial charge is 0.354 e. The van der Waals surface area contributed by atoms with E-state index in [9.17, 15) is 18.0 Å². The minimum Gasteiger partial charge on any atom is -0.354 e. The van der Waals surface area contributed by atoms with E-state index in [-0.39, 0.29) is 23.2 Å². The molecule has 0 heterocycles. The van der Waals surface area contributed by atoms with Crippen LogP contribution in [-0.2, 0) is 26.2 Å². The fourth-order valence-electron chi connectivity index (χ4n) is 3.53. The Morgan fingerprint density at radius 3 is 2.32 bits per heavy atom. The standard InChI is InChI=1S/C24H31Cl2N3O4S/c1-5-13-27-24(31)21(6-2)28(15-18-10-8-7-9-17(18)3)23(30)16-29(34(4,32)33)22-12-11-19(25)14-20(22)26/h7-12,14,21H,5-6,13,15-16H2,1-4H3,(H,27,31)/t21-/m0/s1. The van der Waals surface area contributed by atoms with Crippen molar-refractivity contribution in [3.63, 3.8) is 0 Å². The molecule has 7 nitrogen and oxygen atoms in total. The molecule has 0 fully saturated rings. The Balaban J connectivity index is 2.47. The van der Waals surface area contributed by atoms with E-state index in [1.165, 1.54) is 23.1 Å². The molecule has 0 bridgehead atoms. The number of hydrogen-bond donors (Lipinski definition) is 1. The van der Waals surface area contributed by atoms with Gasteiger partial charge in [0.25, 0.3) is 0 Å². The van der Waals surface area contributed by atoms with Crippen molar-refractivity contribution in [3.8, 4) is 0 Å². The van der Waals surface area contributed by atoms with E-state index in [0.29, 0.717) is 18.0 Å². The molecule has 0 saturated carbocycles. The first kappa shape index (κ1) is 28.0. The van der Waals surface area contributed by atoms with Gasteiger partial charge in [0.15, 0.2) is 0 Å². The lowest BCUT2D eigenvalue weighted by molar-refractivity contribution is -0.140. The van der Waals surface area contributed by atoms with Gasteiger partial charge < -0.3 is 10.2 Å². The number of carbonyl (C=O) groups is 2. The molecular weight excluding hydrogens is 497 g/mol. The third-order valence-corrected chi connectivity index (χ3v) is 7.06. The van der Waals surface area contributed by atoms with Crippen molar-refractivity contribution < 1.29 is 18.0 Å². The highest BCUT2D eigenvalue weighted by Crippen LogP contribution is 2.30. The monoisotopic (exact) mass is 527 g/mol. The smallest absolute Gasteiger partial charge is 0.244 e. The highest BCUT2D eigenvalue weighted by atomic mass is 35.5. The molecule has 10 heteroatoms. The zero-order chi connectivity index (χ0) is 25.5. The van der Waals surface area contributed by atoms with Crippen LogP contribution in [0.4, 0.5) is 5.69 Å². The first-order valence-electron chi connectivity index (χ1n) is 11.0. The predicted molar refractivity (Wildman–Crippen MR) is 138 cm³/mol. The lowest BCUT2D eigenvalue weighted by atomic mass is 10.1. The SMILES string of the molecule is CCCNC(=O)[C@H](CC)N(Cc1ccccc1C)C(=O)CN(c1ccc(Cl)cc1Cl)S(C)(=O)=O. The van der Waals surface area contributed by atoms with Gasteiger partial charge in [0.2, 0.25) is 21.8 Å². The molecule has 34 heavy (non-hydrogen) atoms. The molecule has 2 aromatic carbocycles. The molecule has 186 valence electrons. The molecule has 0 unspecified atom stereocenters. The van der Waals surface area contributed by atoms with Crippen LogP contribution in [0.1, 0.15) is 37.8 Å². The summed E-state index contributed by atoms with van der Waals surface area (Å²) in [6, 6.07) is 11.2. The molecule has 0 aliphatic carbocycles. The average Bonchev–Trinajstić information content (AvgIpc) is 2.76. The number of aryl methyl sites for hydroxylation is 1. The molecule has 0 saturated heterocycles. The fraction of sp³-hybridized carbons (Fsp3) is 0.417. The zero-order valence-electron chi connectivity index (χ0n) is 19.8. The van der Waals surface area contributed by atoms with Gasteiger partial charge in [-0.25, -0.2) is 8.42 Å². The van der Waals surface area contributed by atoms with Crippen molar-refractivity contribution in [3.05, 3.63) is 63.6 Å². The van der Waals surface area contributed by atoms with E-state index in [1.807, 2.05) is 45.0 Å². The normalized spacial score (nSPS) is 12.2. The Morgan fingerprint density at radius 1 is 1.09 bits per heavy atom. The van der Waals surface area contributed by atoms with Gasteiger partial charge in [-0.1, -0.05) is 61.3 Å². The summed E-state index contributed by atoms with van der Waals surface area (Å²) in [5, 5.41) is 3.29. The summed E-state index contributed by atoms with van der Waals surface area (Å²) in [5.41, 5.74) is 1.97. The lowest BCUT2D eigenvalue weighted by Gasteiger charge is -2.33. The molecular formula is C24H31Cl2N3O4S. The highest BCUT2D eigenvalue weighted by Gasteiger charge is 2.32. The lowest BCUT2D eigenvalue weighted by Crippen LogP contribution is -2.52. The minimum atomic E-state index is -3.87. The van der Waals surface area contributed by atoms with Gasteiger partial charge >= 0.3 is 0 Å². The summed E-state index contributed by atoms with van der Waals surface area (Å²) < 4.78 is 26.2. The summed E-state index contributed by atoms with van der Waals surface area (Å²) in [4.78, 5) is 28.0. The molecule has 0 radical (unpaired) electrons. The Labute approximate surface area is 212 Å². The molecule has 2 aromatic rings. The summed E-state index contributed by atoms with van der Waals surface area (Å²) in [5.74, 6) is -0.792. The minimum absolute atomic E-state index is 0.101. The number of sulfonamides is 1. The molecule has 0 aliphatic rings. The van der Waals surface area contributed by atoms with Crippen LogP contribution in [-0.4, -0.2) is 50.5 Å². The molecule has 0 aliphatic heterocycles. The topological polar surface area (TPSA) is 86.8 Å². The Morgan fingerprint density at radius 2 is 1.76 bits per heavy atom. The second kappa shape index (κ2) is 12.4. The third-order valence-electron chi connectivity index (χ3n) is 5.39. The predicted octanol–water partition coefficient (Wildman–Crippen LogP) is 4.40. The van der Waals surface area contributed by atoms with Gasteiger partial charge in [-0.2, -0.15) is 0 Å². The van der Waals surface area contributed by atoms with Gasteiger partial charge in [0, 0.05) is 18.1 Å². The average molecular weight is 529 g/mol. The highest BCUT2D eigenvalue weighted by molar-refractivity contribution is 7.92. The van der Waals surface area contributed by atoms with Crippen molar-refractivity contribution in [2.24, 2.45) is 0 Å². The van der Waals surface area contributed by atoms with Gasteiger partial charge in [0.05, 0.1) is 17.0 Å². The van der Waals surface area contributed by atoms with E-state index >= 15 is 0 Å². The van der Waals surface area contributed by atoms with E-state index in [0.717, 1.165) is 28.1 Å². The number of amides is 2. The summed E-state index contributed by atoms with van der Waals surface area (Å²) in [6.45, 7) is 5.82. The summed E-state index contributed by atoms with van der Waals surface area (Å²) >= 11 is 12.2. The number of carbonyl (C=O) groups excluding carboxylic acids is 2. The van der Waals surface area contributed by atoms with Gasteiger partial charge in [-0.15, -0.1) is 0 Å². The molecule has 1 N–H and O–H groups in total. The zero-order valence-corrected chi connectivity index (χ0v) is 22.2. The second-order valence-electron chi connectivity index (χ2n) is 8.03. The van der Waals surface area contributed by atoms with E-state index in [2.05, 4.69) is 5.32 Å². The molecule has 2 rings (SSSR count). The van der Waals surface area contributed by atoms with Crippen LogP contribution in [0.5, 0.6) is 0 Å².